The van der Waals surface area contributed by atoms with Gasteiger partial charge in [0, 0.05) is 13.1 Å². The van der Waals surface area contributed by atoms with E-state index in [0.717, 1.165) is 0 Å². The van der Waals surface area contributed by atoms with Crippen LogP contribution < -0.4 is 0 Å². The van der Waals surface area contributed by atoms with Gasteiger partial charge in [-0.05, 0) is 27.7 Å². The number of nitrogens with zero attached hydrogens (tertiary/aromatic N) is 1. The van der Waals surface area contributed by atoms with Gasteiger partial charge >= 0.3 is 0 Å². The fourth-order valence-electron chi connectivity index (χ4n) is 1.56. The molecule has 0 aromatic rings. The van der Waals surface area contributed by atoms with Crippen LogP contribution in [0.2, 0.25) is 0 Å². The van der Waals surface area contributed by atoms with Gasteiger partial charge in [0.05, 0.1) is 18.0 Å². The van der Waals surface area contributed by atoms with Crippen LogP contribution >= 0.6 is 0 Å². The van der Waals surface area contributed by atoms with Crippen molar-refractivity contribution >= 4 is 10.0 Å². The van der Waals surface area contributed by atoms with Crippen LogP contribution in [0, 0.1) is 0 Å². The summed E-state index contributed by atoms with van der Waals surface area (Å²) >= 11 is 0. The van der Waals surface area contributed by atoms with Crippen LogP contribution in [0.1, 0.15) is 34.6 Å². The quantitative estimate of drug-likeness (QED) is 0.703. The molecule has 0 fully saturated rings. The highest BCUT2D eigenvalue weighted by Gasteiger charge is 2.27. The molecule has 0 rings (SSSR count). The molecule has 0 spiro atoms. The minimum absolute atomic E-state index is 0.0956. The number of hydrogen-bond donors (Lipinski definition) is 0. The third kappa shape index (κ3) is 6.12. The molecule has 92 valence electrons. The predicted octanol–water partition coefficient (Wildman–Crippen LogP) is 1.47. The summed E-state index contributed by atoms with van der Waals surface area (Å²) in [7, 11) is -3.13. The van der Waals surface area contributed by atoms with Gasteiger partial charge < -0.3 is 4.74 Å². The molecule has 0 heterocycles. The predicted molar refractivity (Wildman–Crippen MR) is 62.4 cm³/mol. The molecule has 0 saturated heterocycles. The van der Waals surface area contributed by atoms with Crippen LogP contribution in [0.15, 0.2) is 0 Å². The standard InChI is InChI=1S/C10H23NO3S/c1-7-11(15(6,12)13)8-10(4,5)14-9(2)3/h9H,7-8H2,1-6H3. The Hall–Kier alpha value is -0.130. The van der Waals surface area contributed by atoms with Crippen molar-refractivity contribution in [3.63, 3.8) is 0 Å². The highest BCUT2D eigenvalue weighted by atomic mass is 32.2. The van der Waals surface area contributed by atoms with Gasteiger partial charge in [-0.2, -0.15) is 4.31 Å². The van der Waals surface area contributed by atoms with Gasteiger partial charge in [-0.25, -0.2) is 8.42 Å². The van der Waals surface area contributed by atoms with Crippen molar-refractivity contribution in [3.05, 3.63) is 0 Å². The molecule has 0 saturated carbocycles. The molecular weight excluding hydrogens is 214 g/mol. The van der Waals surface area contributed by atoms with E-state index >= 15 is 0 Å². The summed E-state index contributed by atoms with van der Waals surface area (Å²) in [5.74, 6) is 0. The van der Waals surface area contributed by atoms with Gasteiger partial charge in [0.15, 0.2) is 0 Å². The lowest BCUT2D eigenvalue weighted by atomic mass is 10.1. The van der Waals surface area contributed by atoms with Crippen LogP contribution in [0.25, 0.3) is 0 Å². The normalized spacial score (nSPS) is 13.9. The van der Waals surface area contributed by atoms with Crippen molar-refractivity contribution < 1.29 is 13.2 Å². The van der Waals surface area contributed by atoms with Crippen LogP contribution in [-0.4, -0.2) is 43.8 Å². The van der Waals surface area contributed by atoms with E-state index in [0.29, 0.717) is 13.1 Å². The molecule has 4 nitrogen and oxygen atoms in total. The average molecular weight is 237 g/mol. The Kier molecular flexibility index (Phi) is 5.23. The van der Waals surface area contributed by atoms with Crippen molar-refractivity contribution in [2.45, 2.75) is 46.3 Å². The van der Waals surface area contributed by atoms with Crippen molar-refractivity contribution in [3.8, 4) is 0 Å². The van der Waals surface area contributed by atoms with Crippen LogP contribution in [0.4, 0.5) is 0 Å². The minimum Gasteiger partial charge on any atom is -0.372 e. The fraction of sp³-hybridized carbons (Fsp3) is 1.00. The monoisotopic (exact) mass is 237 g/mol. The van der Waals surface area contributed by atoms with Crippen LogP contribution in [-0.2, 0) is 14.8 Å². The molecule has 0 aromatic carbocycles. The lowest BCUT2D eigenvalue weighted by molar-refractivity contribution is -0.0629. The molecule has 0 aliphatic heterocycles. The second kappa shape index (κ2) is 5.27. The van der Waals surface area contributed by atoms with E-state index < -0.39 is 15.6 Å². The summed E-state index contributed by atoms with van der Waals surface area (Å²) in [5.41, 5.74) is -0.451. The Labute approximate surface area is 93.7 Å². The van der Waals surface area contributed by atoms with E-state index in [4.69, 9.17) is 4.74 Å². The summed E-state index contributed by atoms with van der Waals surface area (Å²) in [6, 6.07) is 0. The average Bonchev–Trinajstić information content (AvgIpc) is 1.95. The maximum Gasteiger partial charge on any atom is 0.211 e. The zero-order valence-electron chi connectivity index (χ0n) is 10.6. The summed E-state index contributed by atoms with van der Waals surface area (Å²) < 4.78 is 29.9. The first-order valence-corrected chi connectivity index (χ1v) is 7.06. The highest BCUT2D eigenvalue weighted by Crippen LogP contribution is 2.15. The third-order valence-electron chi connectivity index (χ3n) is 1.93. The van der Waals surface area contributed by atoms with Gasteiger partial charge in [0.1, 0.15) is 0 Å². The number of sulfonamides is 1. The minimum atomic E-state index is -3.13. The second-order valence-electron chi connectivity index (χ2n) is 4.62. The molecule has 0 amide bonds. The Morgan fingerprint density at radius 2 is 1.80 bits per heavy atom. The van der Waals surface area contributed by atoms with E-state index in [-0.39, 0.29) is 6.10 Å². The van der Waals surface area contributed by atoms with Crippen molar-refractivity contribution in [1.82, 2.24) is 4.31 Å². The first-order chi connectivity index (χ1) is 6.58. The summed E-state index contributed by atoms with van der Waals surface area (Å²) in [4.78, 5) is 0. The Morgan fingerprint density at radius 1 is 1.33 bits per heavy atom. The maximum absolute atomic E-state index is 11.4. The molecule has 0 N–H and O–H groups in total. The Balaban J connectivity index is 4.55. The van der Waals surface area contributed by atoms with Crippen molar-refractivity contribution in [2.24, 2.45) is 0 Å². The molecule has 5 heteroatoms. The molecule has 0 unspecified atom stereocenters. The first-order valence-electron chi connectivity index (χ1n) is 5.21. The smallest absolute Gasteiger partial charge is 0.211 e. The Morgan fingerprint density at radius 3 is 2.07 bits per heavy atom. The molecular formula is C10H23NO3S. The van der Waals surface area contributed by atoms with E-state index in [1.807, 2.05) is 34.6 Å². The number of hydrogen-bond acceptors (Lipinski definition) is 3. The van der Waals surface area contributed by atoms with E-state index in [2.05, 4.69) is 0 Å². The fourth-order valence-corrected chi connectivity index (χ4v) is 2.58. The molecule has 0 bridgehead atoms. The van der Waals surface area contributed by atoms with Gasteiger partial charge in [0.25, 0.3) is 0 Å². The van der Waals surface area contributed by atoms with E-state index in [1.54, 1.807) is 0 Å². The van der Waals surface area contributed by atoms with E-state index in [1.165, 1.54) is 10.6 Å². The molecule has 15 heavy (non-hydrogen) atoms. The maximum atomic E-state index is 11.4. The lowest BCUT2D eigenvalue weighted by Crippen LogP contribution is -2.44. The number of likely N-dealkylation sites (N-methyl/N-ethyl adjacent to an activating group) is 1. The summed E-state index contributed by atoms with van der Waals surface area (Å²) in [6.07, 6.45) is 1.32. The van der Waals surface area contributed by atoms with Crippen molar-refractivity contribution in [2.75, 3.05) is 19.3 Å². The van der Waals surface area contributed by atoms with Gasteiger partial charge in [-0.3, -0.25) is 0 Å². The zero-order valence-corrected chi connectivity index (χ0v) is 11.4. The summed E-state index contributed by atoms with van der Waals surface area (Å²) in [5, 5.41) is 0. The first kappa shape index (κ1) is 14.9. The SMILES string of the molecule is CCN(CC(C)(C)OC(C)C)S(C)(=O)=O. The molecule has 0 atom stereocenters. The van der Waals surface area contributed by atoms with Gasteiger partial charge in [-0.1, -0.05) is 6.92 Å². The number of rotatable bonds is 6. The third-order valence-corrected chi connectivity index (χ3v) is 3.26. The van der Waals surface area contributed by atoms with Crippen LogP contribution in [0.5, 0.6) is 0 Å². The zero-order chi connectivity index (χ0) is 12.3. The van der Waals surface area contributed by atoms with Crippen molar-refractivity contribution in [1.29, 1.82) is 0 Å². The number of ether oxygens (including phenoxy) is 1. The topological polar surface area (TPSA) is 46.6 Å². The molecule has 0 aromatic heterocycles. The van der Waals surface area contributed by atoms with E-state index in [9.17, 15) is 8.42 Å². The highest BCUT2D eigenvalue weighted by molar-refractivity contribution is 7.88. The molecule has 0 aliphatic rings. The Bertz CT molecular complexity index is 283. The molecule has 0 aliphatic carbocycles. The largest absolute Gasteiger partial charge is 0.372 e. The molecule has 0 radical (unpaired) electrons. The van der Waals surface area contributed by atoms with Gasteiger partial charge in [0.2, 0.25) is 10.0 Å². The lowest BCUT2D eigenvalue weighted by Gasteiger charge is -2.32. The second-order valence-corrected chi connectivity index (χ2v) is 6.60. The van der Waals surface area contributed by atoms with Crippen LogP contribution in [0.3, 0.4) is 0 Å². The summed E-state index contributed by atoms with van der Waals surface area (Å²) in [6.45, 7) is 10.4. The van der Waals surface area contributed by atoms with Gasteiger partial charge in [-0.15, -0.1) is 0 Å².